The Morgan fingerprint density at radius 2 is 1.20 bits per heavy atom. The first-order chi connectivity index (χ1) is 14.4. The van der Waals surface area contributed by atoms with Crippen LogP contribution < -0.4 is 0 Å². The number of nitrogens with zero attached hydrogens (tertiary/aromatic N) is 1. The molecule has 0 fully saturated rings. The van der Waals surface area contributed by atoms with Crippen LogP contribution >= 0.6 is 0 Å². The van der Waals surface area contributed by atoms with Crippen molar-refractivity contribution in [2.45, 2.75) is 27.7 Å². The first-order valence-electron chi connectivity index (χ1n) is 9.54. The Hall–Kier alpha value is -3.49. The van der Waals surface area contributed by atoms with Gasteiger partial charge < -0.3 is 18.9 Å². The van der Waals surface area contributed by atoms with Gasteiger partial charge in [-0.3, -0.25) is 4.98 Å². The van der Waals surface area contributed by atoms with Gasteiger partial charge in [0.05, 0.1) is 54.2 Å². The van der Waals surface area contributed by atoms with E-state index in [4.69, 9.17) is 18.9 Å². The zero-order valence-electron chi connectivity index (χ0n) is 17.3. The third kappa shape index (κ3) is 4.73. The second-order valence-corrected chi connectivity index (χ2v) is 5.85. The zero-order chi connectivity index (χ0) is 22.3. The molecule has 1 heterocycles. The van der Waals surface area contributed by atoms with Crippen LogP contribution in [0, 0.1) is 0 Å². The number of benzene rings is 1. The molecule has 160 valence electrons. The first kappa shape index (κ1) is 22.8. The SMILES string of the molecule is CCOC(=O)c1cc(C(=O)OCC)c2c(C(=O)OCC)c(C(=O)OCC)cnc2c1. The van der Waals surface area contributed by atoms with Crippen LogP contribution in [0.25, 0.3) is 10.9 Å². The quantitative estimate of drug-likeness (QED) is 0.472. The third-order valence-electron chi connectivity index (χ3n) is 3.95. The number of pyridine rings is 1. The standard InChI is InChI=1S/C21H23NO8/c1-5-27-18(23)12-9-13(19(24)28-6-2)16-15(10-12)22-11-14(20(25)29-7-3)17(16)21(26)30-8-4/h9-11H,5-8H2,1-4H3. The van der Waals surface area contributed by atoms with Gasteiger partial charge in [-0.15, -0.1) is 0 Å². The van der Waals surface area contributed by atoms with Crippen LogP contribution in [0.1, 0.15) is 69.1 Å². The number of hydrogen-bond acceptors (Lipinski definition) is 9. The van der Waals surface area contributed by atoms with Crippen molar-refractivity contribution in [2.24, 2.45) is 0 Å². The summed E-state index contributed by atoms with van der Waals surface area (Å²) in [5.74, 6) is -3.08. The summed E-state index contributed by atoms with van der Waals surface area (Å²) in [7, 11) is 0. The van der Waals surface area contributed by atoms with Gasteiger partial charge in [0.1, 0.15) is 0 Å². The molecule has 1 aromatic carbocycles. The lowest BCUT2D eigenvalue weighted by atomic mass is 9.96. The van der Waals surface area contributed by atoms with E-state index in [1.54, 1.807) is 27.7 Å². The minimum atomic E-state index is -0.831. The van der Waals surface area contributed by atoms with Gasteiger partial charge in [-0.05, 0) is 39.8 Å². The van der Waals surface area contributed by atoms with Crippen LogP contribution in [-0.4, -0.2) is 55.3 Å². The Kier molecular flexibility index (Phi) is 7.85. The largest absolute Gasteiger partial charge is 0.462 e. The summed E-state index contributed by atoms with van der Waals surface area (Å²) in [6, 6.07) is 2.62. The van der Waals surface area contributed by atoms with Crippen LogP contribution in [-0.2, 0) is 18.9 Å². The van der Waals surface area contributed by atoms with E-state index in [-0.39, 0.29) is 59.6 Å². The van der Waals surface area contributed by atoms with E-state index < -0.39 is 23.9 Å². The Labute approximate surface area is 173 Å². The van der Waals surface area contributed by atoms with Gasteiger partial charge in [-0.2, -0.15) is 0 Å². The maximum Gasteiger partial charge on any atom is 0.340 e. The van der Waals surface area contributed by atoms with Crippen LogP contribution in [0.5, 0.6) is 0 Å². The molecule has 0 aliphatic heterocycles. The molecule has 0 saturated carbocycles. The topological polar surface area (TPSA) is 118 Å². The number of rotatable bonds is 8. The van der Waals surface area contributed by atoms with Crippen LogP contribution in [0.4, 0.5) is 0 Å². The van der Waals surface area contributed by atoms with Gasteiger partial charge in [0, 0.05) is 11.6 Å². The summed E-state index contributed by atoms with van der Waals surface area (Å²) in [6.45, 7) is 6.80. The predicted octanol–water partition coefficient (Wildman–Crippen LogP) is 2.94. The number of ether oxygens (including phenoxy) is 4. The van der Waals surface area contributed by atoms with Gasteiger partial charge in [-0.25, -0.2) is 19.2 Å². The fourth-order valence-corrected chi connectivity index (χ4v) is 2.81. The fraction of sp³-hybridized carbons (Fsp3) is 0.381. The molecule has 2 aromatic rings. The van der Waals surface area contributed by atoms with E-state index in [1.807, 2.05) is 0 Å². The molecule has 2 rings (SSSR count). The summed E-state index contributed by atoms with van der Waals surface area (Å²) in [5.41, 5.74) is -0.270. The third-order valence-corrected chi connectivity index (χ3v) is 3.95. The smallest absolute Gasteiger partial charge is 0.340 e. The number of carbonyl (C=O) groups is 4. The second kappa shape index (κ2) is 10.3. The number of esters is 4. The lowest BCUT2D eigenvalue weighted by Gasteiger charge is -2.15. The maximum atomic E-state index is 12.7. The van der Waals surface area contributed by atoms with E-state index >= 15 is 0 Å². The summed E-state index contributed by atoms with van der Waals surface area (Å²) < 4.78 is 20.2. The van der Waals surface area contributed by atoms with Crippen molar-refractivity contribution >= 4 is 34.8 Å². The van der Waals surface area contributed by atoms with Crippen molar-refractivity contribution in [3.05, 3.63) is 40.6 Å². The molecule has 0 N–H and O–H groups in total. The summed E-state index contributed by atoms with van der Waals surface area (Å²) in [4.78, 5) is 54.2. The Bertz CT molecular complexity index is 983. The van der Waals surface area contributed by atoms with Gasteiger partial charge in [0.2, 0.25) is 0 Å². The number of carbonyl (C=O) groups excluding carboxylic acids is 4. The van der Waals surface area contributed by atoms with Crippen molar-refractivity contribution in [2.75, 3.05) is 26.4 Å². The highest BCUT2D eigenvalue weighted by atomic mass is 16.5. The fourth-order valence-electron chi connectivity index (χ4n) is 2.81. The molecule has 0 radical (unpaired) electrons. The monoisotopic (exact) mass is 417 g/mol. The van der Waals surface area contributed by atoms with Crippen molar-refractivity contribution in [3.63, 3.8) is 0 Å². The molecule has 9 heteroatoms. The minimum Gasteiger partial charge on any atom is -0.462 e. The van der Waals surface area contributed by atoms with E-state index in [0.717, 1.165) is 6.20 Å². The molecule has 0 aliphatic carbocycles. The van der Waals surface area contributed by atoms with E-state index in [9.17, 15) is 19.2 Å². The van der Waals surface area contributed by atoms with E-state index in [2.05, 4.69) is 4.98 Å². The highest BCUT2D eigenvalue weighted by Gasteiger charge is 2.28. The molecule has 0 spiro atoms. The molecule has 0 amide bonds. The van der Waals surface area contributed by atoms with E-state index in [0.29, 0.717) is 0 Å². The molecular formula is C21H23NO8. The van der Waals surface area contributed by atoms with Crippen molar-refractivity contribution in [3.8, 4) is 0 Å². The maximum absolute atomic E-state index is 12.7. The normalized spacial score (nSPS) is 10.4. The summed E-state index contributed by atoms with van der Waals surface area (Å²) in [5, 5.41) is 0.0329. The minimum absolute atomic E-state index is 0.0329. The van der Waals surface area contributed by atoms with Crippen LogP contribution in [0.15, 0.2) is 18.3 Å². The van der Waals surface area contributed by atoms with Gasteiger partial charge in [0.15, 0.2) is 0 Å². The molecule has 0 unspecified atom stereocenters. The Morgan fingerprint density at radius 3 is 1.77 bits per heavy atom. The van der Waals surface area contributed by atoms with Crippen LogP contribution in [0.3, 0.4) is 0 Å². The zero-order valence-corrected chi connectivity index (χ0v) is 17.3. The molecular weight excluding hydrogens is 394 g/mol. The lowest BCUT2D eigenvalue weighted by molar-refractivity contribution is 0.0479. The summed E-state index contributed by atoms with van der Waals surface area (Å²) in [6.07, 6.45) is 1.15. The molecule has 0 aliphatic rings. The molecule has 30 heavy (non-hydrogen) atoms. The van der Waals surface area contributed by atoms with Crippen molar-refractivity contribution < 1.29 is 38.1 Å². The van der Waals surface area contributed by atoms with Gasteiger partial charge >= 0.3 is 23.9 Å². The molecule has 0 atom stereocenters. The number of fused-ring (bicyclic) bond motifs is 1. The van der Waals surface area contributed by atoms with Crippen LogP contribution in [0.2, 0.25) is 0 Å². The molecule has 9 nitrogen and oxygen atoms in total. The average molecular weight is 417 g/mol. The predicted molar refractivity (Wildman–Crippen MR) is 106 cm³/mol. The number of hydrogen-bond donors (Lipinski definition) is 0. The second-order valence-electron chi connectivity index (χ2n) is 5.85. The van der Waals surface area contributed by atoms with Crippen molar-refractivity contribution in [1.82, 2.24) is 4.98 Å². The highest BCUT2D eigenvalue weighted by Crippen LogP contribution is 2.28. The molecule has 0 bridgehead atoms. The number of aromatic nitrogens is 1. The highest BCUT2D eigenvalue weighted by molar-refractivity contribution is 6.18. The molecule has 1 aromatic heterocycles. The van der Waals surface area contributed by atoms with Gasteiger partial charge in [0.25, 0.3) is 0 Å². The van der Waals surface area contributed by atoms with Gasteiger partial charge in [-0.1, -0.05) is 0 Å². The average Bonchev–Trinajstić information content (AvgIpc) is 2.72. The molecule has 0 saturated heterocycles. The first-order valence-corrected chi connectivity index (χ1v) is 9.54. The summed E-state index contributed by atoms with van der Waals surface area (Å²) >= 11 is 0. The van der Waals surface area contributed by atoms with E-state index in [1.165, 1.54) is 12.1 Å². The Morgan fingerprint density at radius 1 is 0.700 bits per heavy atom. The lowest BCUT2D eigenvalue weighted by Crippen LogP contribution is -2.18. The Balaban J connectivity index is 2.90. The van der Waals surface area contributed by atoms with Crippen molar-refractivity contribution in [1.29, 1.82) is 0 Å².